The van der Waals surface area contributed by atoms with E-state index in [1.54, 1.807) is 29.3 Å². The zero-order valence-electron chi connectivity index (χ0n) is 20.7. The Morgan fingerprint density at radius 2 is 1.92 bits per heavy atom. The molecule has 0 bridgehead atoms. The fourth-order valence-corrected chi connectivity index (χ4v) is 4.62. The van der Waals surface area contributed by atoms with E-state index in [0.29, 0.717) is 58.6 Å². The summed E-state index contributed by atoms with van der Waals surface area (Å²) in [5.74, 6) is 1.37. The van der Waals surface area contributed by atoms with Crippen molar-refractivity contribution in [2.75, 3.05) is 25.0 Å². The minimum Gasteiger partial charge on any atom is -0.486 e. The number of hydrogen-bond donors (Lipinski definition) is 2. The molecule has 0 aliphatic carbocycles. The minimum atomic E-state index is -0.804. The summed E-state index contributed by atoms with van der Waals surface area (Å²) in [7, 11) is 0. The van der Waals surface area contributed by atoms with Crippen LogP contribution in [0.2, 0.25) is 5.02 Å². The third-order valence-corrected chi connectivity index (χ3v) is 6.57. The molecule has 9 nitrogen and oxygen atoms in total. The van der Waals surface area contributed by atoms with Crippen LogP contribution in [0.5, 0.6) is 11.5 Å². The van der Waals surface area contributed by atoms with Gasteiger partial charge in [-0.3, -0.25) is 9.78 Å². The number of aliphatic hydroxyl groups excluding tert-OH is 1. The van der Waals surface area contributed by atoms with Crippen molar-refractivity contribution >= 4 is 39.9 Å². The fraction of sp³-hybridized carbons (Fsp3) is 0.286. The first-order valence-electron chi connectivity index (χ1n) is 12.5. The molecule has 2 aromatic carbocycles. The molecule has 1 fully saturated rings. The lowest BCUT2D eigenvalue weighted by molar-refractivity contribution is -0.138. The van der Waals surface area contributed by atoms with Crippen molar-refractivity contribution in [1.82, 2.24) is 19.9 Å². The number of aromatic nitrogens is 3. The Hall–Kier alpha value is -3.95. The predicted molar refractivity (Wildman–Crippen MR) is 145 cm³/mol. The third kappa shape index (κ3) is 5.95. The fourth-order valence-electron chi connectivity index (χ4n) is 4.38. The Kier molecular flexibility index (Phi) is 8.15. The van der Waals surface area contributed by atoms with Crippen molar-refractivity contribution < 1.29 is 19.4 Å². The van der Waals surface area contributed by atoms with Crippen molar-refractivity contribution in [3.05, 3.63) is 77.8 Å². The molecule has 1 aliphatic heterocycles. The maximum atomic E-state index is 13.1. The van der Waals surface area contributed by atoms with Gasteiger partial charge in [0, 0.05) is 38.0 Å². The van der Waals surface area contributed by atoms with Gasteiger partial charge in [0.15, 0.2) is 6.10 Å². The molecule has 1 saturated heterocycles. The van der Waals surface area contributed by atoms with Crippen LogP contribution < -0.4 is 14.8 Å². The van der Waals surface area contributed by atoms with Crippen LogP contribution in [0.3, 0.4) is 0 Å². The first kappa shape index (κ1) is 25.7. The van der Waals surface area contributed by atoms with E-state index in [9.17, 15) is 9.90 Å². The molecular weight excluding hydrogens is 506 g/mol. The smallest absolute Gasteiger partial charge is 0.263 e. The van der Waals surface area contributed by atoms with Gasteiger partial charge >= 0.3 is 0 Å². The maximum Gasteiger partial charge on any atom is 0.263 e. The van der Waals surface area contributed by atoms with Crippen molar-refractivity contribution in [3.8, 4) is 11.5 Å². The average molecular weight is 534 g/mol. The number of pyridine rings is 1. The Morgan fingerprint density at radius 1 is 1.05 bits per heavy atom. The van der Waals surface area contributed by atoms with Crippen LogP contribution in [0.15, 0.2) is 67.1 Å². The normalized spacial score (nSPS) is 13.9. The topological polar surface area (TPSA) is 110 Å². The molecular formula is C28H28ClN5O4. The molecule has 10 heteroatoms. The standard InChI is InChI=1S/C28H28ClN5O4/c29-21-16-19(9-10-23(21)37-17-20-6-1-2-12-30-20)33-27-26-22(31-18-32-27)7-5-8-24(26)38-25(11-15-35)28(36)34-13-3-4-14-34/h1-2,5-10,12,16,18,25,35H,3-4,11,13-15,17H2,(H,31,32,33)/t25-/m1/s1. The highest BCUT2D eigenvalue weighted by Gasteiger charge is 2.28. The van der Waals surface area contributed by atoms with Gasteiger partial charge in [-0.25, -0.2) is 9.97 Å². The van der Waals surface area contributed by atoms with Crippen molar-refractivity contribution in [1.29, 1.82) is 0 Å². The number of anilines is 2. The third-order valence-electron chi connectivity index (χ3n) is 6.27. The average Bonchev–Trinajstić information content (AvgIpc) is 3.48. The monoisotopic (exact) mass is 533 g/mol. The molecule has 3 heterocycles. The van der Waals surface area contributed by atoms with Gasteiger partial charge in [-0.1, -0.05) is 23.7 Å². The van der Waals surface area contributed by atoms with Gasteiger partial charge in [0.2, 0.25) is 0 Å². The number of rotatable bonds is 10. The predicted octanol–water partition coefficient (Wildman–Crippen LogP) is 4.75. The molecule has 5 rings (SSSR count). The molecule has 1 atom stereocenters. The van der Waals surface area contributed by atoms with E-state index in [2.05, 4.69) is 20.3 Å². The highest BCUT2D eigenvalue weighted by molar-refractivity contribution is 6.32. The first-order chi connectivity index (χ1) is 18.6. The SMILES string of the molecule is O=C([C@@H](CCO)Oc1cccc2ncnc(Nc3ccc(OCc4ccccn4)c(Cl)c3)c12)N1CCCC1. The zero-order valence-corrected chi connectivity index (χ0v) is 21.5. The van der Waals surface area contributed by atoms with E-state index < -0.39 is 6.10 Å². The van der Waals surface area contributed by atoms with Gasteiger partial charge < -0.3 is 24.8 Å². The van der Waals surface area contributed by atoms with Gasteiger partial charge in [0.25, 0.3) is 5.91 Å². The van der Waals surface area contributed by atoms with Gasteiger partial charge in [-0.15, -0.1) is 0 Å². The van der Waals surface area contributed by atoms with Gasteiger partial charge in [0.05, 0.1) is 21.6 Å². The zero-order chi connectivity index (χ0) is 26.3. The van der Waals surface area contributed by atoms with Crippen LogP contribution in [0, 0.1) is 0 Å². The Morgan fingerprint density at radius 3 is 2.68 bits per heavy atom. The second-order valence-electron chi connectivity index (χ2n) is 8.90. The van der Waals surface area contributed by atoms with Gasteiger partial charge in [0.1, 0.15) is 30.3 Å². The largest absolute Gasteiger partial charge is 0.486 e. The van der Waals surface area contributed by atoms with Crippen molar-refractivity contribution in [2.24, 2.45) is 0 Å². The lowest BCUT2D eigenvalue weighted by Crippen LogP contribution is -2.41. The minimum absolute atomic E-state index is 0.118. The number of nitrogens with zero attached hydrogens (tertiary/aromatic N) is 4. The molecule has 0 radical (unpaired) electrons. The van der Waals surface area contributed by atoms with Gasteiger partial charge in [-0.05, 0) is 55.3 Å². The summed E-state index contributed by atoms with van der Waals surface area (Å²) in [6.45, 7) is 1.55. The molecule has 0 spiro atoms. The van der Waals surface area contributed by atoms with E-state index in [1.165, 1.54) is 6.33 Å². The quantitative estimate of drug-likeness (QED) is 0.300. The summed E-state index contributed by atoms with van der Waals surface area (Å²) in [5.41, 5.74) is 2.14. The van der Waals surface area contributed by atoms with E-state index in [1.807, 2.05) is 36.4 Å². The molecule has 196 valence electrons. The Balaban J connectivity index is 1.38. The van der Waals surface area contributed by atoms with Gasteiger partial charge in [-0.2, -0.15) is 0 Å². The van der Waals surface area contributed by atoms with Crippen LogP contribution in [0.4, 0.5) is 11.5 Å². The number of carbonyl (C=O) groups excluding carboxylic acids is 1. The molecule has 4 aromatic rings. The number of carbonyl (C=O) groups is 1. The second kappa shape index (κ2) is 12.1. The highest BCUT2D eigenvalue weighted by atomic mass is 35.5. The molecule has 1 aliphatic rings. The van der Waals surface area contributed by atoms with E-state index in [-0.39, 0.29) is 18.9 Å². The summed E-state index contributed by atoms with van der Waals surface area (Å²) in [5, 5.41) is 14.0. The molecule has 2 N–H and O–H groups in total. The Bertz CT molecular complexity index is 1390. The summed E-state index contributed by atoms with van der Waals surface area (Å²) >= 11 is 6.50. The second-order valence-corrected chi connectivity index (χ2v) is 9.31. The number of benzene rings is 2. The van der Waals surface area contributed by atoms with Crippen LogP contribution in [0.25, 0.3) is 10.9 Å². The summed E-state index contributed by atoms with van der Waals surface area (Å²) in [6, 6.07) is 16.4. The van der Waals surface area contributed by atoms with Crippen LogP contribution in [-0.4, -0.2) is 56.7 Å². The molecule has 38 heavy (non-hydrogen) atoms. The number of likely N-dealkylation sites (tertiary alicyclic amines) is 1. The van der Waals surface area contributed by atoms with Crippen LogP contribution in [-0.2, 0) is 11.4 Å². The van der Waals surface area contributed by atoms with E-state index >= 15 is 0 Å². The maximum absolute atomic E-state index is 13.1. The molecule has 1 amide bonds. The summed E-state index contributed by atoms with van der Waals surface area (Å²) in [4.78, 5) is 27.9. The number of aliphatic hydroxyl groups is 1. The molecule has 2 aromatic heterocycles. The van der Waals surface area contributed by atoms with Crippen molar-refractivity contribution in [3.63, 3.8) is 0 Å². The molecule has 0 unspecified atom stereocenters. The van der Waals surface area contributed by atoms with E-state index in [4.69, 9.17) is 21.1 Å². The number of hydrogen-bond acceptors (Lipinski definition) is 8. The lowest BCUT2D eigenvalue weighted by atomic mass is 10.2. The molecule has 0 saturated carbocycles. The lowest BCUT2D eigenvalue weighted by Gasteiger charge is -2.24. The van der Waals surface area contributed by atoms with E-state index in [0.717, 1.165) is 18.5 Å². The summed E-state index contributed by atoms with van der Waals surface area (Å²) in [6.07, 6.45) is 4.51. The number of halogens is 1. The van der Waals surface area contributed by atoms with Crippen LogP contribution >= 0.6 is 11.6 Å². The number of ether oxygens (including phenoxy) is 2. The number of amides is 1. The number of nitrogens with one attached hydrogen (secondary N) is 1. The van der Waals surface area contributed by atoms with Crippen molar-refractivity contribution in [2.45, 2.75) is 32.0 Å². The summed E-state index contributed by atoms with van der Waals surface area (Å²) < 4.78 is 12.0. The van der Waals surface area contributed by atoms with Crippen LogP contribution in [0.1, 0.15) is 25.0 Å². The first-order valence-corrected chi connectivity index (χ1v) is 12.9. The number of fused-ring (bicyclic) bond motifs is 1. The Labute approximate surface area is 225 Å². The highest BCUT2D eigenvalue weighted by Crippen LogP contribution is 2.35.